The van der Waals surface area contributed by atoms with Crippen LogP contribution in [-0.2, 0) is 14.8 Å². The molecule has 3 rings (SSSR count). The maximum Gasteiger partial charge on any atom is 0.243 e. The zero-order valence-corrected chi connectivity index (χ0v) is 15.6. The van der Waals surface area contributed by atoms with E-state index < -0.39 is 10.0 Å². The quantitative estimate of drug-likeness (QED) is 0.870. The highest BCUT2D eigenvalue weighted by atomic mass is 32.2. The molecule has 1 aromatic carbocycles. The summed E-state index contributed by atoms with van der Waals surface area (Å²) in [5.74, 6) is 0. The Morgan fingerprint density at radius 2 is 1.92 bits per heavy atom. The van der Waals surface area contributed by atoms with Crippen molar-refractivity contribution in [2.45, 2.75) is 44.1 Å². The van der Waals surface area contributed by atoms with Gasteiger partial charge in [-0.15, -0.1) is 0 Å². The van der Waals surface area contributed by atoms with Crippen LogP contribution >= 0.6 is 0 Å². The first-order chi connectivity index (χ1) is 11.5. The highest BCUT2D eigenvalue weighted by molar-refractivity contribution is 7.89. The van der Waals surface area contributed by atoms with Crippen molar-refractivity contribution in [3.05, 3.63) is 29.3 Å². The molecule has 1 aromatic rings. The number of hydrogen-bond donors (Lipinski definition) is 1. The van der Waals surface area contributed by atoms with Crippen LogP contribution in [0.4, 0.5) is 0 Å². The summed E-state index contributed by atoms with van der Waals surface area (Å²) in [6, 6.07) is 5.41. The third kappa shape index (κ3) is 3.99. The minimum Gasteiger partial charge on any atom is -0.372 e. The van der Waals surface area contributed by atoms with Gasteiger partial charge in [-0.2, -0.15) is 4.31 Å². The van der Waals surface area contributed by atoms with Crippen LogP contribution in [0.25, 0.3) is 0 Å². The normalized spacial score (nSPS) is 24.2. The maximum absolute atomic E-state index is 12.8. The molecule has 1 atom stereocenters. The molecule has 0 radical (unpaired) electrons. The maximum atomic E-state index is 12.8. The molecule has 0 saturated carbocycles. The zero-order valence-electron chi connectivity index (χ0n) is 14.8. The van der Waals surface area contributed by atoms with Gasteiger partial charge in [0, 0.05) is 6.61 Å². The van der Waals surface area contributed by atoms with Crippen molar-refractivity contribution in [2.75, 3.05) is 39.3 Å². The van der Waals surface area contributed by atoms with Crippen LogP contribution in [0.15, 0.2) is 23.1 Å². The molecule has 2 fully saturated rings. The van der Waals surface area contributed by atoms with Crippen molar-refractivity contribution in [1.82, 2.24) is 4.31 Å². The zero-order chi connectivity index (χ0) is 17.2. The van der Waals surface area contributed by atoms with Gasteiger partial charge in [-0.3, -0.25) is 0 Å². The van der Waals surface area contributed by atoms with Crippen molar-refractivity contribution in [3.63, 3.8) is 0 Å². The lowest BCUT2D eigenvalue weighted by molar-refractivity contribution is -0.907. The van der Waals surface area contributed by atoms with Crippen LogP contribution in [0.3, 0.4) is 0 Å². The highest BCUT2D eigenvalue weighted by Crippen LogP contribution is 2.19. The third-order valence-corrected chi connectivity index (χ3v) is 7.23. The molecule has 2 aliphatic heterocycles. The molecule has 2 heterocycles. The van der Waals surface area contributed by atoms with Crippen LogP contribution in [0.1, 0.15) is 30.4 Å². The smallest absolute Gasteiger partial charge is 0.243 e. The number of benzene rings is 1. The molecule has 0 spiro atoms. The van der Waals surface area contributed by atoms with E-state index in [0.29, 0.717) is 24.1 Å². The summed E-state index contributed by atoms with van der Waals surface area (Å²) in [6.07, 6.45) is 3.93. The molecular formula is C18H29N2O3S+. The second-order valence-electron chi connectivity index (χ2n) is 7.09. The number of nitrogens with zero attached hydrogens (tertiary/aromatic N) is 1. The monoisotopic (exact) mass is 353 g/mol. The molecule has 5 nitrogen and oxygen atoms in total. The number of ether oxygens (including phenoxy) is 1. The Bertz CT molecular complexity index is 661. The van der Waals surface area contributed by atoms with Crippen molar-refractivity contribution < 1.29 is 18.1 Å². The molecule has 24 heavy (non-hydrogen) atoms. The molecule has 0 bridgehead atoms. The first kappa shape index (κ1) is 17.9. The number of aryl methyl sites for hydroxylation is 2. The van der Waals surface area contributed by atoms with E-state index in [4.69, 9.17) is 4.74 Å². The predicted molar refractivity (Wildman–Crippen MR) is 93.8 cm³/mol. The van der Waals surface area contributed by atoms with Crippen molar-refractivity contribution >= 4 is 10.0 Å². The topological polar surface area (TPSA) is 51.0 Å². The first-order valence-corrected chi connectivity index (χ1v) is 10.4. The van der Waals surface area contributed by atoms with Crippen molar-refractivity contribution in [3.8, 4) is 0 Å². The summed E-state index contributed by atoms with van der Waals surface area (Å²) >= 11 is 0. The van der Waals surface area contributed by atoms with Crippen LogP contribution < -0.4 is 4.90 Å². The van der Waals surface area contributed by atoms with E-state index in [0.717, 1.165) is 43.8 Å². The molecular weight excluding hydrogens is 324 g/mol. The fourth-order valence-electron chi connectivity index (χ4n) is 3.56. The molecule has 2 saturated heterocycles. The first-order valence-electron chi connectivity index (χ1n) is 8.99. The highest BCUT2D eigenvalue weighted by Gasteiger charge is 2.31. The summed E-state index contributed by atoms with van der Waals surface area (Å²) in [7, 11) is -3.37. The largest absolute Gasteiger partial charge is 0.372 e. The Kier molecular flexibility index (Phi) is 5.59. The minimum absolute atomic E-state index is 0.358. The van der Waals surface area contributed by atoms with Crippen molar-refractivity contribution in [1.29, 1.82) is 0 Å². The second kappa shape index (κ2) is 7.52. The number of quaternary nitrogens is 1. The molecule has 0 aromatic heterocycles. The second-order valence-corrected chi connectivity index (χ2v) is 9.03. The van der Waals surface area contributed by atoms with Gasteiger partial charge in [0.15, 0.2) is 0 Å². The van der Waals surface area contributed by atoms with Crippen molar-refractivity contribution in [2.24, 2.45) is 0 Å². The summed E-state index contributed by atoms with van der Waals surface area (Å²) in [4.78, 5) is 1.89. The SMILES string of the molecule is Cc1ccc(S(=O)(=O)N2CC[NH+](C[C@@H]3CCCCO3)CC2)cc1C. The van der Waals surface area contributed by atoms with Gasteiger partial charge >= 0.3 is 0 Å². The lowest BCUT2D eigenvalue weighted by atomic mass is 10.1. The van der Waals surface area contributed by atoms with E-state index in [1.54, 1.807) is 16.4 Å². The van der Waals surface area contributed by atoms with Crippen LogP contribution in [0.2, 0.25) is 0 Å². The number of sulfonamides is 1. The Morgan fingerprint density at radius 3 is 2.54 bits per heavy atom. The van der Waals surface area contributed by atoms with Gasteiger partial charge in [0.05, 0.1) is 31.1 Å². The molecule has 6 heteroatoms. The Labute approximate surface area is 145 Å². The van der Waals surface area contributed by atoms with Gasteiger partial charge in [0.2, 0.25) is 10.0 Å². The van der Waals surface area contributed by atoms with Gasteiger partial charge in [0.1, 0.15) is 12.6 Å². The van der Waals surface area contributed by atoms with Gasteiger partial charge in [-0.05, 0) is 56.4 Å². The molecule has 134 valence electrons. The van der Waals surface area contributed by atoms with Crippen LogP contribution in [0.5, 0.6) is 0 Å². The summed E-state index contributed by atoms with van der Waals surface area (Å²) in [6.45, 7) is 8.77. The average molecular weight is 354 g/mol. The summed E-state index contributed by atoms with van der Waals surface area (Å²) in [5.41, 5.74) is 2.14. The van der Waals surface area contributed by atoms with E-state index >= 15 is 0 Å². The number of hydrogen-bond acceptors (Lipinski definition) is 3. The van der Waals surface area contributed by atoms with Crippen LogP contribution in [-0.4, -0.2) is 58.2 Å². The fraction of sp³-hybridized carbons (Fsp3) is 0.667. The Morgan fingerprint density at radius 1 is 1.17 bits per heavy atom. The third-order valence-electron chi connectivity index (χ3n) is 5.34. The average Bonchev–Trinajstić information content (AvgIpc) is 2.58. The van der Waals surface area contributed by atoms with Gasteiger partial charge in [-0.1, -0.05) is 6.07 Å². The molecule has 1 N–H and O–H groups in total. The molecule has 0 amide bonds. The van der Waals surface area contributed by atoms with E-state index in [-0.39, 0.29) is 0 Å². The molecule has 0 unspecified atom stereocenters. The van der Waals surface area contributed by atoms with Gasteiger partial charge in [-0.25, -0.2) is 8.42 Å². The number of nitrogens with one attached hydrogen (secondary N) is 1. The lowest BCUT2D eigenvalue weighted by Gasteiger charge is -2.34. The minimum atomic E-state index is -3.37. The fourth-order valence-corrected chi connectivity index (χ4v) is 5.09. The standard InChI is InChI=1S/C18H28N2O3S/c1-15-6-7-18(13-16(15)2)24(21,22)20-10-8-19(9-11-20)14-17-5-3-4-12-23-17/h6-7,13,17H,3-5,8-12,14H2,1-2H3/p+1/t17-/m0/s1. The van der Waals surface area contributed by atoms with E-state index in [1.807, 2.05) is 19.9 Å². The van der Waals surface area contributed by atoms with E-state index in [2.05, 4.69) is 0 Å². The molecule has 2 aliphatic rings. The Balaban J connectivity index is 1.59. The van der Waals surface area contributed by atoms with Gasteiger partial charge < -0.3 is 9.64 Å². The number of rotatable bonds is 4. The Hall–Kier alpha value is -0.950. The van der Waals surface area contributed by atoms with Crippen LogP contribution in [0, 0.1) is 13.8 Å². The predicted octanol–water partition coefficient (Wildman–Crippen LogP) is 0.762. The summed E-state index contributed by atoms with van der Waals surface area (Å²) in [5, 5.41) is 0. The van der Waals surface area contributed by atoms with E-state index in [9.17, 15) is 8.42 Å². The lowest BCUT2D eigenvalue weighted by Crippen LogP contribution is -3.15. The molecule has 0 aliphatic carbocycles. The summed E-state index contributed by atoms with van der Waals surface area (Å²) < 4.78 is 33.1. The van der Waals surface area contributed by atoms with Gasteiger partial charge in [0.25, 0.3) is 0 Å². The number of piperazine rings is 1. The van der Waals surface area contributed by atoms with E-state index in [1.165, 1.54) is 17.7 Å².